The lowest BCUT2D eigenvalue weighted by Crippen LogP contribution is -2.30. The predicted molar refractivity (Wildman–Crippen MR) is 130 cm³/mol. The van der Waals surface area contributed by atoms with Crippen LogP contribution in [0, 0.1) is 11.8 Å². The second-order valence-corrected chi connectivity index (χ2v) is 9.48. The van der Waals surface area contributed by atoms with Crippen LogP contribution in [0.4, 0.5) is 0 Å². The summed E-state index contributed by atoms with van der Waals surface area (Å²) in [6.07, 6.45) is 10.5. The highest BCUT2D eigenvalue weighted by Crippen LogP contribution is 2.31. The van der Waals surface area contributed by atoms with Gasteiger partial charge in [0.05, 0.1) is 35.9 Å². The third-order valence-electron chi connectivity index (χ3n) is 7.26. The summed E-state index contributed by atoms with van der Waals surface area (Å²) in [5.41, 5.74) is 0.722. The summed E-state index contributed by atoms with van der Waals surface area (Å²) in [4.78, 5) is 25.5. The smallest absolute Gasteiger partial charge is 0.338 e. The Balaban J connectivity index is 1.50. The van der Waals surface area contributed by atoms with Crippen molar-refractivity contribution in [1.29, 1.82) is 0 Å². The van der Waals surface area contributed by atoms with Crippen molar-refractivity contribution in [2.24, 2.45) is 11.8 Å². The first-order valence-corrected chi connectivity index (χ1v) is 12.5. The molecule has 0 bridgehead atoms. The van der Waals surface area contributed by atoms with Gasteiger partial charge in [0.15, 0.2) is 0 Å². The lowest BCUT2D eigenvalue weighted by Gasteiger charge is -2.31. The van der Waals surface area contributed by atoms with E-state index in [0.717, 1.165) is 51.4 Å². The fourth-order valence-electron chi connectivity index (χ4n) is 5.10. The van der Waals surface area contributed by atoms with Crippen LogP contribution in [0.2, 0.25) is 0 Å². The van der Waals surface area contributed by atoms with Crippen LogP contribution >= 0.6 is 0 Å². The molecule has 0 spiro atoms. The van der Waals surface area contributed by atoms with E-state index < -0.39 is 11.9 Å². The average molecular weight is 471 g/mol. The number of ether oxygens (including phenoxy) is 4. The summed E-state index contributed by atoms with van der Waals surface area (Å²) in [5, 5.41) is 0. The molecule has 0 aliphatic heterocycles. The minimum atomic E-state index is -0.416. The van der Waals surface area contributed by atoms with Gasteiger partial charge in [-0.2, -0.15) is 0 Å². The topological polar surface area (TPSA) is 71.1 Å². The molecule has 1 aromatic carbocycles. The molecule has 0 amide bonds. The Morgan fingerprint density at radius 3 is 1.50 bits per heavy atom. The summed E-state index contributed by atoms with van der Waals surface area (Å²) in [6.45, 7) is 11.1. The second kappa shape index (κ2) is 12.6. The summed E-state index contributed by atoms with van der Waals surface area (Å²) < 4.78 is 22.4. The second-order valence-electron chi connectivity index (χ2n) is 9.48. The highest BCUT2D eigenvalue weighted by atomic mass is 16.5. The number of carbonyl (C=O) groups is 2. The van der Waals surface area contributed by atoms with E-state index in [-0.39, 0.29) is 24.4 Å². The van der Waals surface area contributed by atoms with Crippen LogP contribution in [0.25, 0.3) is 0 Å². The van der Waals surface area contributed by atoms with E-state index in [2.05, 4.69) is 13.2 Å². The van der Waals surface area contributed by atoms with Crippen LogP contribution in [0.1, 0.15) is 85.9 Å². The van der Waals surface area contributed by atoms with Gasteiger partial charge in [-0.05, 0) is 95.2 Å². The van der Waals surface area contributed by atoms with E-state index in [1.54, 1.807) is 24.3 Å². The summed E-state index contributed by atoms with van der Waals surface area (Å²) in [5.74, 6) is -0.232. The molecule has 6 heteroatoms. The molecule has 2 aliphatic carbocycles. The minimum absolute atomic E-state index is 0.201. The van der Waals surface area contributed by atoms with E-state index in [0.29, 0.717) is 23.0 Å². The average Bonchev–Trinajstić information content (AvgIpc) is 2.85. The highest BCUT2D eigenvalue weighted by molar-refractivity contribution is 5.95. The molecule has 2 saturated carbocycles. The van der Waals surface area contributed by atoms with Crippen LogP contribution in [0.15, 0.2) is 49.9 Å². The molecule has 34 heavy (non-hydrogen) atoms. The molecular formula is C28H38O6. The molecule has 186 valence electrons. The third-order valence-corrected chi connectivity index (χ3v) is 7.26. The first kappa shape index (κ1) is 25.9. The number of carbonyl (C=O) groups excluding carboxylic acids is 2. The molecule has 0 saturated heterocycles. The molecular weight excluding hydrogens is 432 g/mol. The van der Waals surface area contributed by atoms with Gasteiger partial charge in [0, 0.05) is 0 Å². The molecule has 3 rings (SSSR count). The third kappa shape index (κ3) is 7.12. The van der Waals surface area contributed by atoms with Gasteiger partial charge in [-0.1, -0.05) is 19.2 Å². The highest BCUT2D eigenvalue weighted by Gasteiger charge is 2.30. The van der Waals surface area contributed by atoms with Gasteiger partial charge < -0.3 is 18.9 Å². The molecule has 2 fully saturated rings. The maximum absolute atomic E-state index is 12.8. The zero-order valence-corrected chi connectivity index (χ0v) is 20.4. The molecule has 0 N–H and O–H groups in total. The van der Waals surface area contributed by atoms with Crippen molar-refractivity contribution in [3.05, 3.63) is 61.1 Å². The Morgan fingerprint density at radius 1 is 0.765 bits per heavy atom. The largest absolute Gasteiger partial charge is 0.499 e. The number of hydrogen-bond acceptors (Lipinski definition) is 6. The van der Waals surface area contributed by atoms with E-state index >= 15 is 0 Å². The van der Waals surface area contributed by atoms with Gasteiger partial charge in [-0.15, -0.1) is 0 Å². The number of hydrogen-bond donors (Lipinski definition) is 0. The molecule has 0 heterocycles. The first-order valence-electron chi connectivity index (χ1n) is 12.5. The van der Waals surface area contributed by atoms with Crippen molar-refractivity contribution in [1.82, 2.24) is 0 Å². The lowest BCUT2D eigenvalue weighted by molar-refractivity contribution is 0.00238. The minimum Gasteiger partial charge on any atom is -0.499 e. The van der Waals surface area contributed by atoms with Gasteiger partial charge in [-0.3, -0.25) is 0 Å². The van der Waals surface area contributed by atoms with E-state index in [1.165, 1.54) is 12.5 Å². The van der Waals surface area contributed by atoms with Crippen molar-refractivity contribution >= 4 is 11.9 Å². The molecule has 0 radical (unpaired) electrons. The lowest BCUT2D eigenvalue weighted by atomic mass is 9.84. The Hall–Kier alpha value is -2.76. The van der Waals surface area contributed by atoms with Gasteiger partial charge in [-0.25, -0.2) is 9.59 Å². The molecule has 2 aliphatic rings. The quantitative estimate of drug-likeness (QED) is 0.299. The zero-order valence-electron chi connectivity index (χ0n) is 20.4. The van der Waals surface area contributed by atoms with Gasteiger partial charge in [0.2, 0.25) is 0 Å². The van der Waals surface area contributed by atoms with Crippen LogP contribution in [0.5, 0.6) is 0 Å². The van der Waals surface area contributed by atoms with Crippen LogP contribution in [-0.4, -0.2) is 36.4 Å². The van der Waals surface area contributed by atoms with E-state index in [1.807, 2.05) is 13.8 Å². The maximum Gasteiger partial charge on any atom is 0.338 e. The first-order chi connectivity index (χ1) is 16.4. The van der Waals surface area contributed by atoms with Gasteiger partial charge in [0.1, 0.15) is 12.2 Å². The SMILES string of the molecule is C=COC1CCC(C(C)OC(=O)c2cccc(C(=O)OC(C)C3CCC(OC=C)CC3)c2)CC1. The van der Waals surface area contributed by atoms with Crippen molar-refractivity contribution < 1.29 is 28.5 Å². The number of rotatable bonds is 10. The van der Waals surface area contributed by atoms with Crippen LogP contribution < -0.4 is 0 Å². The predicted octanol–water partition coefficient (Wildman–Crippen LogP) is 6.22. The van der Waals surface area contributed by atoms with Crippen molar-refractivity contribution in [3.63, 3.8) is 0 Å². The molecule has 2 atom stereocenters. The van der Waals surface area contributed by atoms with Crippen LogP contribution in [0.3, 0.4) is 0 Å². The summed E-state index contributed by atoms with van der Waals surface area (Å²) in [7, 11) is 0. The van der Waals surface area contributed by atoms with Crippen molar-refractivity contribution in [3.8, 4) is 0 Å². The van der Waals surface area contributed by atoms with Gasteiger partial charge >= 0.3 is 11.9 Å². The molecule has 0 aromatic heterocycles. The Kier molecular flexibility index (Phi) is 9.61. The zero-order chi connectivity index (χ0) is 24.5. The van der Waals surface area contributed by atoms with Gasteiger partial charge in [0.25, 0.3) is 0 Å². The Morgan fingerprint density at radius 2 is 1.15 bits per heavy atom. The number of esters is 2. The normalized spacial score (nSPS) is 26.4. The monoisotopic (exact) mass is 470 g/mol. The van der Waals surface area contributed by atoms with Crippen molar-refractivity contribution in [2.75, 3.05) is 0 Å². The van der Waals surface area contributed by atoms with Crippen molar-refractivity contribution in [2.45, 2.75) is 89.6 Å². The standard InChI is InChI=1S/C28H38O6/c1-5-31-25-14-10-21(11-15-25)19(3)33-27(29)23-8-7-9-24(18-23)28(30)34-20(4)22-12-16-26(17-13-22)32-6-2/h5-9,18-22,25-26H,1-2,10-17H2,3-4H3. The Bertz CT molecular complexity index is 768. The fourth-order valence-corrected chi connectivity index (χ4v) is 5.10. The number of benzene rings is 1. The van der Waals surface area contributed by atoms with E-state index in [9.17, 15) is 9.59 Å². The summed E-state index contributed by atoms with van der Waals surface area (Å²) >= 11 is 0. The Labute approximate surface area is 203 Å². The molecule has 2 unspecified atom stereocenters. The maximum atomic E-state index is 12.8. The molecule has 6 nitrogen and oxygen atoms in total. The fraction of sp³-hybridized carbons (Fsp3) is 0.571. The molecule has 1 aromatic rings. The van der Waals surface area contributed by atoms with E-state index in [4.69, 9.17) is 18.9 Å². The van der Waals surface area contributed by atoms with Crippen LogP contribution in [-0.2, 0) is 18.9 Å². The summed E-state index contributed by atoms with van der Waals surface area (Å²) in [6, 6.07) is 6.60.